The largest absolute Gasteiger partial charge is 0.309 e. The van der Waals surface area contributed by atoms with Crippen LogP contribution in [0, 0.1) is 11.6 Å². The molecular formula is C34H21F2OP. The molecule has 0 aliphatic heterocycles. The molecule has 38 heavy (non-hydrogen) atoms. The maximum Gasteiger partial charge on any atom is 0.171 e. The molecule has 7 aromatic carbocycles. The van der Waals surface area contributed by atoms with Crippen molar-refractivity contribution in [3.63, 3.8) is 0 Å². The zero-order valence-electron chi connectivity index (χ0n) is 20.2. The molecule has 7 aromatic rings. The fourth-order valence-electron chi connectivity index (χ4n) is 5.59. The lowest BCUT2D eigenvalue weighted by Crippen LogP contribution is -2.25. The Bertz CT molecular complexity index is 1930. The van der Waals surface area contributed by atoms with Gasteiger partial charge >= 0.3 is 0 Å². The third kappa shape index (κ3) is 3.47. The van der Waals surface area contributed by atoms with Crippen molar-refractivity contribution in [2.24, 2.45) is 0 Å². The van der Waals surface area contributed by atoms with Crippen molar-refractivity contribution in [2.45, 2.75) is 0 Å². The molecule has 0 saturated carbocycles. The van der Waals surface area contributed by atoms with Gasteiger partial charge in [0.25, 0.3) is 0 Å². The number of hydrogen-bond donors (Lipinski definition) is 0. The van der Waals surface area contributed by atoms with Crippen molar-refractivity contribution in [3.05, 3.63) is 139 Å². The first-order valence-corrected chi connectivity index (χ1v) is 14.1. The molecule has 0 unspecified atom stereocenters. The van der Waals surface area contributed by atoms with Crippen molar-refractivity contribution in [1.29, 1.82) is 0 Å². The Hall–Kier alpha value is -4.33. The molecule has 0 spiro atoms. The van der Waals surface area contributed by atoms with Crippen molar-refractivity contribution in [3.8, 4) is 11.1 Å². The highest BCUT2D eigenvalue weighted by atomic mass is 31.2. The van der Waals surface area contributed by atoms with Gasteiger partial charge in [0, 0.05) is 15.9 Å². The number of rotatable bonds is 4. The van der Waals surface area contributed by atoms with E-state index >= 15 is 0 Å². The Balaban J connectivity index is 1.40. The molecule has 0 atom stereocenters. The molecule has 1 nitrogen and oxygen atoms in total. The minimum absolute atomic E-state index is 0.399. The Morgan fingerprint density at radius 1 is 0.447 bits per heavy atom. The predicted molar refractivity (Wildman–Crippen MR) is 155 cm³/mol. The van der Waals surface area contributed by atoms with Gasteiger partial charge in [-0.3, -0.25) is 0 Å². The van der Waals surface area contributed by atoms with Crippen LogP contribution >= 0.6 is 7.14 Å². The van der Waals surface area contributed by atoms with Crippen LogP contribution in [0.2, 0.25) is 0 Å². The predicted octanol–water partition coefficient (Wildman–Crippen LogP) is 8.17. The summed E-state index contributed by atoms with van der Waals surface area (Å²) in [5.41, 5.74) is 2.11. The van der Waals surface area contributed by atoms with E-state index in [1.807, 2.05) is 24.3 Å². The Morgan fingerprint density at radius 3 is 1.45 bits per heavy atom. The Kier molecular flexibility index (Phi) is 5.18. The summed E-state index contributed by atoms with van der Waals surface area (Å²) in [6.07, 6.45) is 0. The first-order valence-electron chi connectivity index (χ1n) is 12.4. The fraction of sp³-hybridized carbons (Fsp3) is 0. The van der Waals surface area contributed by atoms with Gasteiger partial charge in [0.2, 0.25) is 0 Å². The quantitative estimate of drug-likeness (QED) is 0.171. The highest BCUT2D eigenvalue weighted by molar-refractivity contribution is 7.85. The smallest absolute Gasteiger partial charge is 0.171 e. The molecule has 0 aliphatic rings. The van der Waals surface area contributed by atoms with E-state index in [1.54, 1.807) is 24.3 Å². The van der Waals surface area contributed by atoms with E-state index in [2.05, 4.69) is 54.6 Å². The second-order valence-corrected chi connectivity index (χ2v) is 12.3. The summed E-state index contributed by atoms with van der Waals surface area (Å²) >= 11 is 0. The van der Waals surface area contributed by atoms with E-state index in [4.69, 9.17) is 0 Å². The number of hydrogen-bond acceptors (Lipinski definition) is 1. The van der Waals surface area contributed by atoms with E-state index in [0.29, 0.717) is 15.9 Å². The summed E-state index contributed by atoms with van der Waals surface area (Å²) in [7, 11) is -3.36. The van der Waals surface area contributed by atoms with Crippen LogP contribution in [0.4, 0.5) is 8.78 Å². The van der Waals surface area contributed by atoms with Gasteiger partial charge in [0.1, 0.15) is 11.6 Å². The Labute approximate surface area is 218 Å². The summed E-state index contributed by atoms with van der Waals surface area (Å²) in [4.78, 5) is 0. The van der Waals surface area contributed by atoms with Gasteiger partial charge in [0.15, 0.2) is 7.14 Å². The van der Waals surface area contributed by atoms with Gasteiger partial charge in [0.05, 0.1) is 0 Å². The van der Waals surface area contributed by atoms with Gasteiger partial charge in [-0.05, 0) is 92.0 Å². The first-order chi connectivity index (χ1) is 18.5. The fourth-order valence-corrected chi connectivity index (χ4v) is 8.19. The van der Waals surface area contributed by atoms with Gasteiger partial charge < -0.3 is 4.57 Å². The van der Waals surface area contributed by atoms with Gasteiger partial charge in [-0.25, -0.2) is 8.78 Å². The molecule has 0 amide bonds. The van der Waals surface area contributed by atoms with E-state index in [-0.39, 0.29) is 0 Å². The van der Waals surface area contributed by atoms with E-state index in [1.165, 1.54) is 56.6 Å². The second kappa shape index (κ2) is 8.62. The molecule has 0 bridgehead atoms. The van der Waals surface area contributed by atoms with E-state index in [9.17, 15) is 13.3 Å². The van der Waals surface area contributed by atoms with Gasteiger partial charge in [-0.15, -0.1) is 0 Å². The highest BCUT2D eigenvalue weighted by Gasteiger charge is 2.30. The van der Waals surface area contributed by atoms with Crippen molar-refractivity contribution in [2.75, 3.05) is 0 Å². The Morgan fingerprint density at radius 2 is 0.895 bits per heavy atom. The third-order valence-electron chi connectivity index (χ3n) is 7.45. The molecule has 7 rings (SSSR count). The van der Waals surface area contributed by atoms with Crippen LogP contribution in [0.15, 0.2) is 127 Å². The van der Waals surface area contributed by atoms with Crippen LogP contribution in [0.5, 0.6) is 0 Å². The monoisotopic (exact) mass is 514 g/mol. The van der Waals surface area contributed by atoms with Crippen LogP contribution in [0.1, 0.15) is 0 Å². The molecule has 0 aliphatic carbocycles. The zero-order valence-corrected chi connectivity index (χ0v) is 21.1. The summed E-state index contributed by atoms with van der Waals surface area (Å²) in [5.74, 6) is -0.799. The minimum atomic E-state index is -3.36. The second-order valence-electron chi connectivity index (χ2n) is 9.58. The lowest BCUT2D eigenvalue weighted by atomic mass is 9.90. The van der Waals surface area contributed by atoms with Crippen molar-refractivity contribution in [1.82, 2.24) is 0 Å². The summed E-state index contributed by atoms with van der Waals surface area (Å²) in [6.45, 7) is 0. The van der Waals surface area contributed by atoms with Gasteiger partial charge in [-0.2, -0.15) is 0 Å². The number of halogens is 2. The standard InChI is InChI=1S/C34H21F2OP/c35-26-10-16-29(17-11-26)38(37,30-18-12-27(36)13-19-30)28-14-6-22(7-15-28)31-20-8-25-5-4-23-2-1-3-24-9-21-32(31)34(25)33(23)24/h1-21H. The SMILES string of the molecule is O=P(c1ccc(F)cc1)(c1ccc(F)cc1)c1ccc(-c2ccc3ccc4cccc5ccc2c3c45)cc1. The molecule has 182 valence electrons. The van der Waals surface area contributed by atoms with Crippen LogP contribution in [-0.4, -0.2) is 0 Å². The average Bonchev–Trinajstić information content (AvgIpc) is 2.96. The highest BCUT2D eigenvalue weighted by Crippen LogP contribution is 2.44. The normalized spacial score (nSPS) is 12.1. The topological polar surface area (TPSA) is 17.1 Å². The van der Waals surface area contributed by atoms with Crippen molar-refractivity contribution >= 4 is 55.4 Å². The van der Waals surface area contributed by atoms with Crippen LogP contribution in [0.3, 0.4) is 0 Å². The number of benzene rings is 7. The van der Waals surface area contributed by atoms with Crippen LogP contribution < -0.4 is 15.9 Å². The zero-order chi connectivity index (χ0) is 25.9. The average molecular weight is 515 g/mol. The first kappa shape index (κ1) is 22.8. The van der Waals surface area contributed by atoms with Gasteiger partial charge in [-0.1, -0.05) is 78.9 Å². The molecule has 0 N–H and O–H groups in total. The molecule has 0 aromatic heterocycles. The molecule has 0 radical (unpaired) electrons. The lowest BCUT2D eigenvalue weighted by molar-refractivity contribution is 0.592. The summed E-state index contributed by atoms with van der Waals surface area (Å²) < 4.78 is 42.1. The summed E-state index contributed by atoms with van der Waals surface area (Å²) in [5, 5.41) is 8.91. The maximum absolute atomic E-state index is 14.7. The maximum atomic E-state index is 14.7. The van der Waals surface area contributed by atoms with E-state index < -0.39 is 18.8 Å². The lowest BCUT2D eigenvalue weighted by Gasteiger charge is -2.20. The molecule has 0 fully saturated rings. The van der Waals surface area contributed by atoms with E-state index in [0.717, 1.165) is 11.1 Å². The van der Waals surface area contributed by atoms with Crippen LogP contribution in [-0.2, 0) is 4.57 Å². The molecule has 0 heterocycles. The molecular weight excluding hydrogens is 493 g/mol. The third-order valence-corrected chi connectivity index (χ3v) is 10.5. The van der Waals surface area contributed by atoms with Crippen molar-refractivity contribution < 1.29 is 13.3 Å². The minimum Gasteiger partial charge on any atom is -0.309 e. The molecule has 0 saturated heterocycles. The summed E-state index contributed by atoms with van der Waals surface area (Å²) in [6, 6.07) is 38.5. The molecule has 4 heteroatoms. The van der Waals surface area contributed by atoms with Crippen LogP contribution in [0.25, 0.3) is 43.4 Å².